The number of rotatable bonds is 0. The molecule has 1 amide bonds. The van der Waals surface area contributed by atoms with Crippen molar-refractivity contribution in [1.82, 2.24) is 5.32 Å². The predicted molar refractivity (Wildman–Crippen MR) is 55.3 cm³/mol. The Morgan fingerprint density at radius 1 is 1.50 bits per heavy atom. The number of nitrogens with one attached hydrogen (secondary N) is 1. The highest BCUT2D eigenvalue weighted by Crippen LogP contribution is 2.28. The maximum atomic E-state index is 11.2. The number of amides is 1. The van der Waals surface area contributed by atoms with Crippen LogP contribution in [0.4, 0.5) is 0 Å². The van der Waals surface area contributed by atoms with Gasteiger partial charge in [0.15, 0.2) is 0 Å². The maximum absolute atomic E-state index is 11.2. The first-order valence-corrected chi connectivity index (χ1v) is 4.91. The monoisotopic (exact) mass is 293 g/mol. The van der Waals surface area contributed by atoms with Crippen LogP contribution in [0.15, 0.2) is 12.1 Å². The van der Waals surface area contributed by atoms with E-state index in [2.05, 4.69) is 27.9 Å². The molecule has 4 heteroatoms. The molecule has 0 spiro atoms. The van der Waals surface area contributed by atoms with Gasteiger partial charge in [0.05, 0.1) is 10.6 Å². The lowest BCUT2D eigenvalue weighted by Gasteiger charge is -2.00. The van der Waals surface area contributed by atoms with Crippen LogP contribution < -0.4 is 5.32 Å². The fourth-order valence-corrected chi connectivity index (χ4v) is 1.97. The van der Waals surface area contributed by atoms with E-state index in [-0.39, 0.29) is 5.91 Å². The smallest absolute Gasteiger partial charge is 0.253 e. The Labute approximate surface area is 88.4 Å². The van der Waals surface area contributed by atoms with Crippen LogP contribution in [0.25, 0.3) is 0 Å². The molecule has 0 saturated carbocycles. The average molecular weight is 293 g/mol. The molecule has 2 nitrogen and oxygen atoms in total. The standard InChI is InChI=1S/C8H5ClINO/c9-7-5(10)2-1-4-3-11-8(12)6(4)7/h1-2H,3H2,(H,11,12). The van der Waals surface area contributed by atoms with Crippen LogP contribution in [-0.4, -0.2) is 5.91 Å². The first-order chi connectivity index (χ1) is 5.70. The first-order valence-electron chi connectivity index (χ1n) is 3.45. The van der Waals surface area contributed by atoms with Crippen molar-refractivity contribution in [2.75, 3.05) is 0 Å². The van der Waals surface area contributed by atoms with Crippen LogP contribution in [0.2, 0.25) is 5.02 Å². The fraction of sp³-hybridized carbons (Fsp3) is 0.125. The van der Waals surface area contributed by atoms with Gasteiger partial charge in [-0.2, -0.15) is 0 Å². The minimum atomic E-state index is -0.0616. The Kier molecular flexibility index (Phi) is 2.00. The third kappa shape index (κ3) is 1.11. The van der Waals surface area contributed by atoms with E-state index >= 15 is 0 Å². The molecule has 0 radical (unpaired) electrons. The topological polar surface area (TPSA) is 29.1 Å². The third-order valence-corrected chi connectivity index (χ3v) is 3.46. The Bertz CT molecular complexity index is 364. The summed E-state index contributed by atoms with van der Waals surface area (Å²) in [7, 11) is 0. The summed E-state index contributed by atoms with van der Waals surface area (Å²) in [6, 6.07) is 3.85. The van der Waals surface area contributed by atoms with Crippen molar-refractivity contribution in [3.05, 3.63) is 31.9 Å². The summed E-state index contributed by atoms with van der Waals surface area (Å²) in [4.78, 5) is 11.2. The van der Waals surface area contributed by atoms with Crippen LogP contribution in [0, 0.1) is 3.57 Å². The summed E-state index contributed by atoms with van der Waals surface area (Å²) in [5.74, 6) is -0.0616. The molecule has 0 atom stereocenters. The molecule has 0 aromatic heterocycles. The fourth-order valence-electron chi connectivity index (χ4n) is 1.25. The second-order valence-electron chi connectivity index (χ2n) is 2.58. The molecule has 1 N–H and O–H groups in total. The van der Waals surface area contributed by atoms with Crippen LogP contribution >= 0.6 is 34.2 Å². The zero-order valence-corrected chi connectivity index (χ0v) is 8.94. The molecule has 1 aromatic carbocycles. The predicted octanol–water partition coefficient (Wildman–Crippen LogP) is 2.19. The van der Waals surface area contributed by atoms with Gasteiger partial charge in [-0.3, -0.25) is 4.79 Å². The van der Waals surface area contributed by atoms with Crippen molar-refractivity contribution < 1.29 is 4.79 Å². The molecule has 1 aliphatic heterocycles. The SMILES string of the molecule is O=C1NCc2ccc(I)c(Cl)c21. The van der Waals surface area contributed by atoms with Crippen molar-refractivity contribution in [2.24, 2.45) is 0 Å². The Hall–Kier alpha value is -0.290. The highest BCUT2D eigenvalue weighted by molar-refractivity contribution is 14.1. The number of halogens is 2. The molecule has 0 fully saturated rings. The quantitative estimate of drug-likeness (QED) is 0.730. The van der Waals surface area contributed by atoms with Gasteiger partial charge in [0.2, 0.25) is 0 Å². The van der Waals surface area contributed by atoms with E-state index in [1.807, 2.05) is 12.1 Å². The molecule has 2 rings (SSSR count). The largest absolute Gasteiger partial charge is 0.348 e. The zero-order chi connectivity index (χ0) is 8.72. The zero-order valence-electron chi connectivity index (χ0n) is 6.03. The molecule has 62 valence electrons. The van der Waals surface area contributed by atoms with Crippen molar-refractivity contribution >= 4 is 40.1 Å². The van der Waals surface area contributed by atoms with Crippen LogP contribution in [0.5, 0.6) is 0 Å². The number of carbonyl (C=O) groups is 1. The van der Waals surface area contributed by atoms with Crippen molar-refractivity contribution in [3.63, 3.8) is 0 Å². The molecule has 0 unspecified atom stereocenters. The van der Waals surface area contributed by atoms with Gasteiger partial charge in [-0.05, 0) is 34.2 Å². The molecule has 1 aliphatic rings. The van der Waals surface area contributed by atoms with E-state index in [9.17, 15) is 4.79 Å². The summed E-state index contributed by atoms with van der Waals surface area (Å²) in [5, 5.41) is 3.30. The van der Waals surface area contributed by atoms with Gasteiger partial charge in [-0.25, -0.2) is 0 Å². The molecule has 1 heterocycles. The van der Waals surface area contributed by atoms with Gasteiger partial charge >= 0.3 is 0 Å². The van der Waals surface area contributed by atoms with Gasteiger partial charge in [0, 0.05) is 10.1 Å². The van der Waals surface area contributed by atoms with Crippen molar-refractivity contribution in [1.29, 1.82) is 0 Å². The number of hydrogen-bond donors (Lipinski definition) is 1. The van der Waals surface area contributed by atoms with Crippen molar-refractivity contribution in [3.8, 4) is 0 Å². The average Bonchev–Trinajstić information content (AvgIpc) is 2.41. The summed E-state index contributed by atoms with van der Waals surface area (Å²) in [6.07, 6.45) is 0. The van der Waals surface area contributed by atoms with Crippen molar-refractivity contribution in [2.45, 2.75) is 6.54 Å². The molecular formula is C8H5ClINO. The van der Waals surface area contributed by atoms with Crippen LogP contribution in [0.3, 0.4) is 0 Å². The summed E-state index contributed by atoms with van der Waals surface area (Å²) in [5.41, 5.74) is 1.63. The van der Waals surface area contributed by atoms with E-state index in [0.717, 1.165) is 9.13 Å². The van der Waals surface area contributed by atoms with Gasteiger partial charge in [0.25, 0.3) is 5.91 Å². The van der Waals surface area contributed by atoms with Gasteiger partial charge in [-0.15, -0.1) is 0 Å². The minimum absolute atomic E-state index is 0.0616. The van der Waals surface area contributed by atoms with Crippen LogP contribution in [-0.2, 0) is 6.54 Å². The Morgan fingerprint density at radius 2 is 2.25 bits per heavy atom. The molecule has 1 aromatic rings. The molecular weight excluding hydrogens is 288 g/mol. The molecule has 0 bridgehead atoms. The Balaban J connectivity index is 2.71. The molecule has 0 saturated heterocycles. The van der Waals surface area contributed by atoms with E-state index in [1.54, 1.807) is 0 Å². The van der Waals surface area contributed by atoms with E-state index < -0.39 is 0 Å². The second kappa shape index (κ2) is 2.88. The normalized spacial score (nSPS) is 14.3. The lowest BCUT2D eigenvalue weighted by Crippen LogP contribution is -2.12. The lowest BCUT2D eigenvalue weighted by atomic mass is 10.1. The highest BCUT2D eigenvalue weighted by Gasteiger charge is 2.22. The second-order valence-corrected chi connectivity index (χ2v) is 4.12. The Morgan fingerprint density at radius 3 is 3.00 bits per heavy atom. The van der Waals surface area contributed by atoms with Crippen LogP contribution in [0.1, 0.15) is 15.9 Å². The van der Waals surface area contributed by atoms with Gasteiger partial charge in [-0.1, -0.05) is 17.7 Å². The van der Waals surface area contributed by atoms with Gasteiger partial charge in [0.1, 0.15) is 0 Å². The summed E-state index contributed by atoms with van der Waals surface area (Å²) >= 11 is 8.08. The van der Waals surface area contributed by atoms with Gasteiger partial charge < -0.3 is 5.32 Å². The van der Waals surface area contributed by atoms with E-state index in [0.29, 0.717) is 17.1 Å². The number of hydrogen-bond acceptors (Lipinski definition) is 1. The highest BCUT2D eigenvalue weighted by atomic mass is 127. The summed E-state index contributed by atoms with van der Waals surface area (Å²) < 4.78 is 0.921. The first kappa shape index (κ1) is 8.31. The number of benzene rings is 1. The lowest BCUT2D eigenvalue weighted by molar-refractivity contribution is 0.0966. The number of carbonyl (C=O) groups excluding carboxylic acids is 1. The number of fused-ring (bicyclic) bond motifs is 1. The minimum Gasteiger partial charge on any atom is -0.348 e. The third-order valence-electron chi connectivity index (χ3n) is 1.85. The van der Waals surface area contributed by atoms with E-state index in [4.69, 9.17) is 11.6 Å². The summed E-state index contributed by atoms with van der Waals surface area (Å²) in [6.45, 7) is 0.602. The molecule has 0 aliphatic carbocycles. The van der Waals surface area contributed by atoms with E-state index in [1.165, 1.54) is 0 Å². The molecule has 12 heavy (non-hydrogen) atoms. The maximum Gasteiger partial charge on any atom is 0.253 e.